The SMILES string of the molecule is CC(C)C[C@H](NC(=O)[C@H](NC(=O)[C@@H]1CCCN1)C1CCCC1)C(=O)OCc1ccccc1. The van der Waals surface area contributed by atoms with E-state index in [1.54, 1.807) is 0 Å². The number of nitrogens with one attached hydrogen (secondary N) is 3. The van der Waals surface area contributed by atoms with Gasteiger partial charge in [-0.2, -0.15) is 0 Å². The molecule has 0 spiro atoms. The van der Waals surface area contributed by atoms with E-state index in [1.165, 1.54) is 0 Å². The Hall–Kier alpha value is -2.41. The predicted octanol–water partition coefficient (Wildman–Crippen LogP) is 2.69. The van der Waals surface area contributed by atoms with Gasteiger partial charge in [-0.1, -0.05) is 57.0 Å². The quantitative estimate of drug-likeness (QED) is 0.483. The van der Waals surface area contributed by atoms with Crippen molar-refractivity contribution in [1.29, 1.82) is 0 Å². The second-order valence-electron chi connectivity index (χ2n) is 9.46. The Balaban J connectivity index is 1.64. The Bertz CT molecular complexity index is 756. The first-order valence-electron chi connectivity index (χ1n) is 12.0. The fourth-order valence-corrected chi connectivity index (χ4v) is 4.63. The fourth-order valence-electron chi connectivity index (χ4n) is 4.63. The van der Waals surface area contributed by atoms with Crippen LogP contribution in [-0.2, 0) is 25.7 Å². The van der Waals surface area contributed by atoms with Crippen molar-refractivity contribution in [3.05, 3.63) is 35.9 Å². The summed E-state index contributed by atoms with van der Waals surface area (Å²) in [5.41, 5.74) is 0.899. The molecule has 7 nitrogen and oxygen atoms in total. The van der Waals surface area contributed by atoms with Gasteiger partial charge in [-0.3, -0.25) is 9.59 Å². The van der Waals surface area contributed by atoms with Gasteiger partial charge in [0.05, 0.1) is 6.04 Å². The minimum absolute atomic E-state index is 0.0976. The summed E-state index contributed by atoms with van der Waals surface area (Å²) in [5, 5.41) is 9.09. The van der Waals surface area contributed by atoms with E-state index in [0.717, 1.165) is 50.6 Å². The van der Waals surface area contributed by atoms with Gasteiger partial charge in [0.25, 0.3) is 0 Å². The molecule has 3 atom stereocenters. The highest BCUT2D eigenvalue weighted by Crippen LogP contribution is 2.28. The molecule has 0 unspecified atom stereocenters. The molecule has 1 aliphatic carbocycles. The molecule has 0 radical (unpaired) electrons. The number of hydrogen-bond donors (Lipinski definition) is 3. The number of carbonyl (C=O) groups excluding carboxylic acids is 3. The van der Waals surface area contributed by atoms with Gasteiger partial charge in [0.2, 0.25) is 11.8 Å². The number of ether oxygens (including phenoxy) is 1. The van der Waals surface area contributed by atoms with Crippen LogP contribution in [0.5, 0.6) is 0 Å². The smallest absolute Gasteiger partial charge is 0.328 e. The van der Waals surface area contributed by atoms with Crippen LogP contribution in [0, 0.1) is 11.8 Å². The van der Waals surface area contributed by atoms with Crippen LogP contribution >= 0.6 is 0 Å². The van der Waals surface area contributed by atoms with Crippen molar-refractivity contribution in [3.8, 4) is 0 Å². The molecule has 1 saturated heterocycles. The van der Waals surface area contributed by atoms with E-state index < -0.39 is 18.1 Å². The summed E-state index contributed by atoms with van der Waals surface area (Å²) < 4.78 is 5.51. The molecule has 1 aromatic carbocycles. The number of carbonyl (C=O) groups is 3. The van der Waals surface area contributed by atoms with Crippen LogP contribution in [-0.4, -0.2) is 42.5 Å². The van der Waals surface area contributed by atoms with Crippen LogP contribution in [0.2, 0.25) is 0 Å². The number of esters is 1. The Labute approximate surface area is 191 Å². The summed E-state index contributed by atoms with van der Waals surface area (Å²) >= 11 is 0. The van der Waals surface area contributed by atoms with E-state index in [4.69, 9.17) is 4.74 Å². The largest absolute Gasteiger partial charge is 0.459 e. The lowest BCUT2D eigenvalue weighted by Gasteiger charge is -2.28. The second-order valence-corrected chi connectivity index (χ2v) is 9.46. The van der Waals surface area contributed by atoms with E-state index in [0.29, 0.717) is 6.42 Å². The molecule has 2 aliphatic rings. The lowest BCUT2D eigenvalue weighted by molar-refractivity contribution is -0.150. The first-order valence-corrected chi connectivity index (χ1v) is 12.0. The Kier molecular flexibility index (Phi) is 9.09. The lowest BCUT2D eigenvalue weighted by Crippen LogP contribution is -2.57. The van der Waals surface area contributed by atoms with Crippen LogP contribution in [0.25, 0.3) is 0 Å². The third-order valence-corrected chi connectivity index (χ3v) is 6.36. The van der Waals surface area contributed by atoms with Gasteiger partial charge in [0, 0.05) is 0 Å². The molecule has 0 aromatic heterocycles. The van der Waals surface area contributed by atoms with Crippen molar-refractivity contribution < 1.29 is 19.1 Å². The van der Waals surface area contributed by atoms with Crippen LogP contribution in [0.1, 0.15) is 64.4 Å². The first kappa shape index (κ1) is 24.2. The van der Waals surface area contributed by atoms with Crippen molar-refractivity contribution in [2.75, 3.05) is 6.54 Å². The fraction of sp³-hybridized carbons (Fsp3) is 0.640. The zero-order chi connectivity index (χ0) is 22.9. The second kappa shape index (κ2) is 12.0. The van der Waals surface area contributed by atoms with Gasteiger partial charge in [-0.15, -0.1) is 0 Å². The molecule has 1 aromatic rings. The van der Waals surface area contributed by atoms with Crippen LogP contribution in [0.4, 0.5) is 0 Å². The zero-order valence-corrected chi connectivity index (χ0v) is 19.3. The van der Waals surface area contributed by atoms with E-state index >= 15 is 0 Å². The summed E-state index contributed by atoms with van der Waals surface area (Å²) in [7, 11) is 0. The highest BCUT2D eigenvalue weighted by atomic mass is 16.5. The van der Waals surface area contributed by atoms with Crippen LogP contribution < -0.4 is 16.0 Å². The standard InChI is InChI=1S/C25H37N3O4/c1-17(2)15-21(25(31)32-16-18-9-4-3-5-10-18)27-24(30)22(19-11-6-7-12-19)28-23(29)20-13-8-14-26-20/h3-5,9-10,17,19-22,26H,6-8,11-16H2,1-2H3,(H,27,30)(H,28,29)/t20-,21-,22+/m0/s1. The highest BCUT2D eigenvalue weighted by Gasteiger charge is 2.36. The maximum absolute atomic E-state index is 13.3. The van der Waals surface area contributed by atoms with Crippen molar-refractivity contribution in [2.45, 2.75) is 83.5 Å². The van der Waals surface area contributed by atoms with Gasteiger partial charge >= 0.3 is 5.97 Å². The van der Waals surface area contributed by atoms with Gasteiger partial charge in [0.15, 0.2) is 0 Å². The van der Waals surface area contributed by atoms with E-state index in [1.807, 2.05) is 44.2 Å². The molecule has 0 bridgehead atoms. The summed E-state index contributed by atoms with van der Waals surface area (Å²) in [6.45, 7) is 5.00. The Morgan fingerprint density at radius 2 is 1.75 bits per heavy atom. The number of rotatable bonds is 10. The minimum atomic E-state index is -0.739. The minimum Gasteiger partial charge on any atom is -0.459 e. The van der Waals surface area contributed by atoms with Crippen molar-refractivity contribution >= 4 is 17.8 Å². The molecule has 32 heavy (non-hydrogen) atoms. The molecule has 2 amide bonds. The number of hydrogen-bond acceptors (Lipinski definition) is 5. The van der Waals surface area contributed by atoms with Crippen LogP contribution in [0.3, 0.4) is 0 Å². The topological polar surface area (TPSA) is 96.5 Å². The summed E-state index contributed by atoms with van der Waals surface area (Å²) in [6.07, 6.45) is 6.15. The van der Waals surface area contributed by atoms with E-state index in [-0.39, 0.29) is 36.3 Å². The molecule has 1 saturated carbocycles. The number of amides is 2. The average molecular weight is 444 g/mol. The molecular weight excluding hydrogens is 406 g/mol. The maximum atomic E-state index is 13.3. The van der Waals surface area contributed by atoms with Crippen molar-refractivity contribution in [2.24, 2.45) is 11.8 Å². The molecule has 7 heteroatoms. The molecule has 176 valence electrons. The normalized spacial score (nSPS) is 20.7. The predicted molar refractivity (Wildman–Crippen MR) is 123 cm³/mol. The Morgan fingerprint density at radius 1 is 1.03 bits per heavy atom. The summed E-state index contributed by atoms with van der Waals surface area (Å²) in [6, 6.07) is 7.88. The maximum Gasteiger partial charge on any atom is 0.328 e. The number of benzene rings is 1. The average Bonchev–Trinajstić information content (AvgIpc) is 3.50. The molecule has 3 rings (SSSR count). The third kappa shape index (κ3) is 7.05. The van der Waals surface area contributed by atoms with Gasteiger partial charge in [-0.25, -0.2) is 4.79 Å². The monoisotopic (exact) mass is 443 g/mol. The molecule has 2 fully saturated rings. The van der Waals surface area contributed by atoms with Gasteiger partial charge in [0.1, 0.15) is 18.7 Å². The Morgan fingerprint density at radius 3 is 2.38 bits per heavy atom. The van der Waals surface area contributed by atoms with Crippen molar-refractivity contribution in [3.63, 3.8) is 0 Å². The molecular formula is C25H37N3O4. The van der Waals surface area contributed by atoms with Gasteiger partial charge in [-0.05, 0) is 56.0 Å². The zero-order valence-electron chi connectivity index (χ0n) is 19.3. The molecule has 3 N–H and O–H groups in total. The first-order chi connectivity index (χ1) is 15.4. The summed E-state index contributed by atoms with van der Waals surface area (Å²) in [4.78, 5) is 38.9. The van der Waals surface area contributed by atoms with Gasteiger partial charge < -0.3 is 20.7 Å². The highest BCUT2D eigenvalue weighted by molar-refractivity contribution is 5.92. The third-order valence-electron chi connectivity index (χ3n) is 6.36. The lowest BCUT2D eigenvalue weighted by atomic mass is 9.95. The molecule has 1 heterocycles. The summed E-state index contributed by atoms with van der Waals surface area (Å²) in [5.74, 6) is -0.552. The van der Waals surface area contributed by atoms with E-state index in [9.17, 15) is 14.4 Å². The van der Waals surface area contributed by atoms with Crippen LogP contribution in [0.15, 0.2) is 30.3 Å². The molecule has 1 aliphatic heterocycles. The van der Waals surface area contributed by atoms with Crippen molar-refractivity contribution in [1.82, 2.24) is 16.0 Å². The van der Waals surface area contributed by atoms with E-state index in [2.05, 4.69) is 16.0 Å².